The van der Waals surface area contributed by atoms with Crippen molar-refractivity contribution in [3.8, 4) is 33.6 Å². The lowest BCUT2D eigenvalue weighted by molar-refractivity contribution is 0.0527. The molecule has 0 fully saturated rings. The molecule has 218 valence electrons. The molecule has 41 heavy (non-hydrogen) atoms. The van der Waals surface area contributed by atoms with Crippen molar-refractivity contribution >= 4 is 6.09 Å². The molecule has 0 saturated heterocycles. The topological polar surface area (TPSA) is 96.9 Å². The van der Waals surface area contributed by atoms with Crippen molar-refractivity contribution in [2.45, 2.75) is 66.2 Å². The third kappa shape index (κ3) is 6.94. The van der Waals surface area contributed by atoms with Crippen molar-refractivity contribution in [3.05, 3.63) is 72.6 Å². The molecule has 3 N–H and O–H groups in total. The smallest absolute Gasteiger partial charge is 0.420 e. The lowest BCUT2D eigenvalue weighted by Crippen LogP contribution is -2.31. The standard InChI is InChI=1S/C33H44N6O2/c1-20(2)28(34-8)30-36-18-26(37-30)24-14-10-22(11-15-24)23-12-16-25(17-13-23)27-19-39(32(40)41-33(5,6)7)31(38-27)29(35-9)21(3)4/h10-21,28-29,34-35H,1-9H3,(H,36,37). The second kappa shape index (κ2) is 12.4. The summed E-state index contributed by atoms with van der Waals surface area (Å²) in [6.07, 6.45) is 3.24. The van der Waals surface area contributed by atoms with Gasteiger partial charge in [-0.15, -0.1) is 0 Å². The van der Waals surface area contributed by atoms with Gasteiger partial charge in [-0.25, -0.2) is 19.3 Å². The third-order valence-electron chi connectivity index (χ3n) is 7.16. The van der Waals surface area contributed by atoms with Crippen LogP contribution >= 0.6 is 0 Å². The number of nitrogens with one attached hydrogen (secondary N) is 3. The Bertz CT molecular complexity index is 1440. The number of ether oxygens (including phenoxy) is 1. The lowest BCUT2D eigenvalue weighted by atomic mass is 10.0. The largest absolute Gasteiger partial charge is 0.443 e. The molecule has 8 heteroatoms. The summed E-state index contributed by atoms with van der Waals surface area (Å²) < 4.78 is 7.22. The lowest BCUT2D eigenvalue weighted by Gasteiger charge is -2.23. The number of carbonyl (C=O) groups is 1. The Kier molecular flexibility index (Phi) is 9.14. The van der Waals surface area contributed by atoms with Gasteiger partial charge in [-0.1, -0.05) is 76.2 Å². The molecule has 4 rings (SSSR count). The SMILES string of the molecule is CNC(c1ncc(-c2ccc(-c3ccc(-c4cn(C(=O)OC(C)(C)C)c(C(NC)C(C)C)n4)cc3)cc2)[nH]1)C(C)C. The second-order valence-electron chi connectivity index (χ2n) is 12.2. The molecule has 8 nitrogen and oxygen atoms in total. The molecular formula is C33H44N6O2. The summed E-state index contributed by atoms with van der Waals surface area (Å²) in [5, 5.41) is 6.64. The number of aromatic amines is 1. The minimum Gasteiger partial charge on any atom is -0.443 e. The minimum absolute atomic E-state index is 0.102. The monoisotopic (exact) mass is 556 g/mol. The number of hydrogen-bond donors (Lipinski definition) is 3. The molecule has 0 aliphatic heterocycles. The van der Waals surface area contributed by atoms with Crippen LogP contribution in [0.1, 0.15) is 72.2 Å². The van der Waals surface area contributed by atoms with E-state index < -0.39 is 11.7 Å². The third-order valence-corrected chi connectivity index (χ3v) is 7.16. The number of carbonyl (C=O) groups excluding carboxylic acids is 1. The number of aromatic nitrogens is 4. The molecular weight excluding hydrogens is 512 g/mol. The fraction of sp³-hybridized carbons (Fsp3) is 0.424. The zero-order valence-corrected chi connectivity index (χ0v) is 25.7. The first-order valence-electron chi connectivity index (χ1n) is 14.3. The van der Waals surface area contributed by atoms with E-state index in [0.717, 1.165) is 39.5 Å². The number of benzene rings is 2. The molecule has 2 unspecified atom stereocenters. The fourth-order valence-electron chi connectivity index (χ4n) is 5.07. The average molecular weight is 557 g/mol. The molecule has 2 aromatic carbocycles. The Morgan fingerprint density at radius 3 is 1.83 bits per heavy atom. The van der Waals surface area contributed by atoms with E-state index in [0.29, 0.717) is 11.7 Å². The highest BCUT2D eigenvalue weighted by Crippen LogP contribution is 2.30. The van der Waals surface area contributed by atoms with Crippen LogP contribution in [0.4, 0.5) is 4.79 Å². The molecule has 0 spiro atoms. The number of imidazole rings is 2. The highest BCUT2D eigenvalue weighted by atomic mass is 16.6. The summed E-state index contributed by atoms with van der Waals surface area (Å²) in [4.78, 5) is 26.0. The van der Waals surface area contributed by atoms with E-state index in [4.69, 9.17) is 9.72 Å². The first-order valence-corrected chi connectivity index (χ1v) is 14.3. The Labute approximate surface area is 244 Å². The highest BCUT2D eigenvalue weighted by molar-refractivity contribution is 5.75. The van der Waals surface area contributed by atoms with E-state index in [-0.39, 0.29) is 18.0 Å². The molecule has 2 aromatic heterocycles. The van der Waals surface area contributed by atoms with E-state index in [1.807, 2.05) is 53.2 Å². The van der Waals surface area contributed by atoms with Crippen molar-refractivity contribution in [2.75, 3.05) is 14.1 Å². The van der Waals surface area contributed by atoms with Crippen LogP contribution in [0.25, 0.3) is 33.6 Å². The van der Waals surface area contributed by atoms with Gasteiger partial charge >= 0.3 is 6.09 Å². The van der Waals surface area contributed by atoms with Gasteiger partial charge in [-0.2, -0.15) is 0 Å². The molecule has 2 atom stereocenters. The normalized spacial score (nSPS) is 13.5. The van der Waals surface area contributed by atoms with E-state index >= 15 is 0 Å². The number of rotatable bonds is 9. The summed E-state index contributed by atoms with van der Waals surface area (Å²) in [6.45, 7) is 14.2. The van der Waals surface area contributed by atoms with Gasteiger partial charge in [0.25, 0.3) is 0 Å². The Morgan fingerprint density at radius 2 is 1.34 bits per heavy atom. The van der Waals surface area contributed by atoms with Crippen LogP contribution < -0.4 is 10.6 Å². The van der Waals surface area contributed by atoms with Gasteiger partial charge in [0.05, 0.1) is 29.7 Å². The Balaban J connectivity index is 1.58. The first kappa shape index (κ1) is 30.2. The van der Waals surface area contributed by atoms with Crippen molar-refractivity contribution in [3.63, 3.8) is 0 Å². The summed E-state index contributed by atoms with van der Waals surface area (Å²) in [5.41, 5.74) is 5.36. The van der Waals surface area contributed by atoms with Crippen LogP contribution in [-0.4, -0.2) is 45.3 Å². The minimum atomic E-state index is -0.605. The molecule has 0 amide bonds. The van der Waals surface area contributed by atoms with E-state index in [2.05, 4.69) is 84.7 Å². The highest BCUT2D eigenvalue weighted by Gasteiger charge is 2.27. The second-order valence-corrected chi connectivity index (χ2v) is 12.2. The van der Waals surface area contributed by atoms with Gasteiger partial charge in [0.1, 0.15) is 17.2 Å². The fourth-order valence-corrected chi connectivity index (χ4v) is 5.07. The molecule has 4 aromatic rings. The molecule has 0 bridgehead atoms. The van der Waals surface area contributed by atoms with Gasteiger partial charge in [-0.3, -0.25) is 0 Å². The summed E-state index contributed by atoms with van der Waals surface area (Å²) in [7, 11) is 3.85. The quantitative estimate of drug-likeness (QED) is 0.201. The van der Waals surface area contributed by atoms with Gasteiger partial charge < -0.3 is 20.4 Å². The van der Waals surface area contributed by atoms with Gasteiger partial charge in [0.15, 0.2) is 0 Å². The van der Waals surface area contributed by atoms with Crippen LogP contribution in [0.3, 0.4) is 0 Å². The number of nitrogens with zero attached hydrogens (tertiary/aromatic N) is 3. The van der Waals surface area contributed by atoms with Crippen LogP contribution in [-0.2, 0) is 4.74 Å². The van der Waals surface area contributed by atoms with Crippen LogP contribution in [0.5, 0.6) is 0 Å². The number of H-pyrrole nitrogens is 1. The maximum Gasteiger partial charge on any atom is 0.420 e. The van der Waals surface area contributed by atoms with E-state index in [1.165, 1.54) is 4.57 Å². The molecule has 0 saturated carbocycles. The molecule has 0 radical (unpaired) electrons. The molecule has 0 aliphatic carbocycles. The predicted molar refractivity (Wildman–Crippen MR) is 166 cm³/mol. The molecule has 2 heterocycles. The Hall–Kier alpha value is -3.75. The van der Waals surface area contributed by atoms with Crippen LogP contribution in [0.2, 0.25) is 0 Å². The summed E-state index contributed by atoms with van der Waals surface area (Å²) in [5.74, 6) is 2.25. The van der Waals surface area contributed by atoms with Gasteiger partial charge in [0.2, 0.25) is 0 Å². The van der Waals surface area contributed by atoms with Gasteiger partial charge in [0, 0.05) is 11.8 Å². The Morgan fingerprint density at radius 1 is 0.829 bits per heavy atom. The first-order chi connectivity index (χ1) is 19.4. The van der Waals surface area contributed by atoms with E-state index in [1.54, 1.807) is 6.20 Å². The summed E-state index contributed by atoms with van der Waals surface area (Å²) in [6, 6.07) is 16.8. The average Bonchev–Trinajstić information content (AvgIpc) is 3.57. The number of hydrogen-bond acceptors (Lipinski definition) is 6. The summed E-state index contributed by atoms with van der Waals surface area (Å²) >= 11 is 0. The van der Waals surface area contributed by atoms with Crippen molar-refractivity contribution in [1.82, 2.24) is 30.2 Å². The predicted octanol–water partition coefficient (Wildman–Crippen LogP) is 7.22. The van der Waals surface area contributed by atoms with Crippen LogP contribution in [0.15, 0.2) is 60.9 Å². The zero-order valence-electron chi connectivity index (χ0n) is 25.7. The van der Waals surface area contributed by atoms with E-state index in [9.17, 15) is 4.79 Å². The van der Waals surface area contributed by atoms with Crippen molar-refractivity contribution in [2.24, 2.45) is 11.8 Å². The van der Waals surface area contributed by atoms with Crippen molar-refractivity contribution in [1.29, 1.82) is 0 Å². The zero-order chi connectivity index (χ0) is 29.9. The maximum atomic E-state index is 13.1. The van der Waals surface area contributed by atoms with Crippen molar-refractivity contribution < 1.29 is 9.53 Å². The van der Waals surface area contributed by atoms with Crippen LogP contribution in [0, 0.1) is 11.8 Å². The van der Waals surface area contributed by atoms with Gasteiger partial charge in [-0.05, 0) is 63.4 Å². The molecule has 0 aliphatic rings. The maximum absolute atomic E-state index is 13.1.